The summed E-state index contributed by atoms with van der Waals surface area (Å²) in [6, 6.07) is 5.28. The minimum atomic E-state index is -3.26. The van der Waals surface area contributed by atoms with E-state index in [0.29, 0.717) is 40.2 Å². The van der Waals surface area contributed by atoms with Crippen LogP contribution in [0.15, 0.2) is 18.2 Å². The molecule has 29 heavy (non-hydrogen) atoms. The monoisotopic (exact) mass is 439 g/mol. The molecule has 1 aliphatic heterocycles. The highest BCUT2D eigenvalue weighted by Crippen LogP contribution is 2.35. The lowest BCUT2D eigenvalue weighted by Crippen LogP contribution is -2.49. The molecular formula is C19H25N3O5S2. The van der Waals surface area contributed by atoms with E-state index >= 15 is 0 Å². The van der Waals surface area contributed by atoms with E-state index in [9.17, 15) is 13.2 Å². The fraction of sp³-hybridized carbons (Fsp3) is 0.474. The zero-order valence-electron chi connectivity index (χ0n) is 16.9. The highest BCUT2D eigenvalue weighted by molar-refractivity contribution is 7.88. The highest BCUT2D eigenvalue weighted by atomic mass is 32.2. The van der Waals surface area contributed by atoms with Gasteiger partial charge in [0.05, 0.1) is 26.2 Å². The number of hydrogen-bond donors (Lipinski definition) is 1. The van der Waals surface area contributed by atoms with Crippen LogP contribution in [0.4, 0.5) is 0 Å². The number of rotatable bonds is 6. The largest absolute Gasteiger partial charge is 0.493 e. The molecule has 1 aliphatic rings. The number of nitrogens with one attached hydrogen (secondary N) is 1. The van der Waals surface area contributed by atoms with E-state index in [1.807, 2.05) is 12.1 Å². The molecule has 2 heterocycles. The Morgan fingerprint density at radius 3 is 2.66 bits per heavy atom. The summed E-state index contributed by atoms with van der Waals surface area (Å²) < 4.78 is 35.6. The summed E-state index contributed by atoms with van der Waals surface area (Å²) in [5.41, 5.74) is 1.46. The van der Waals surface area contributed by atoms with Gasteiger partial charge in [0, 0.05) is 24.7 Å². The third-order valence-electron chi connectivity index (χ3n) is 4.82. The van der Waals surface area contributed by atoms with Crippen LogP contribution in [-0.2, 0) is 10.0 Å². The predicted molar refractivity (Wildman–Crippen MR) is 112 cm³/mol. The summed E-state index contributed by atoms with van der Waals surface area (Å²) in [6.07, 6.45) is 2.66. The number of methoxy groups -OCH3 is 2. The van der Waals surface area contributed by atoms with Crippen LogP contribution < -0.4 is 14.8 Å². The van der Waals surface area contributed by atoms with E-state index < -0.39 is 10.0 Å². The van der Waals surface area contributed by atoms with Gasteiger partial charge >= 0.3 is 0 Å². The molecule has 2 aromatic rings. The first-order valence-electron chi connectivity index (χ1n) is 9.18. The zero-order chi connectivity index (χ0) is 21.2. The van der Waals surface area contributed by atoms with Gasteiger partial charge in [-0.25, -0.2) is 17.7 Å². The van der Waals surface area contributed by atoms with Crippen molar-refractivity contribution in [1.82, 2.24) is 14.6 Å². The Bertz CT molecular complexity index is 1000. The summed E-state index contributed by atoms with van der Waals surface area (Å²) in [5, 5.41) is 3.67. The Kier molecular flexibility index (Phi) is 6.45. The summed E-state index contributed by atoms with van der Waals surface area (Å²) >= 11 is 1.30. The fourth-order valence-corrected chi connectivity index (χ4v) is 5.19. The number of benzene rings is 1. The van der Waals surface area contributed by atoms with Gasteiger partial charge < -0.3 is 14.8 Å². The second-order valence-corrected chi connectivity index (χ2v) is 9.92. The molecular weight excluding hydrogens is 414 g/mol. The predicted octanol–water partition coefficient (Wildman–Crippen LogP) is 2.29. The van der Waals surface area contributed by atoms with Crippen molar-refractivity contribution >= 4 is 27.3 Å². The van der Waals surface area contributed by atoms with Gasteiger partial charge in [0.1, 0.15) is 9.88 Å². The van der Waals surface area contributed by atoms with Crippen molar-refractivity contribution in [1.29, 1.82) is 0 Å². The normalized spacial score (nSPS) is 17.7. The molecule has 8 nitrogen and oxygen atoms in total. The molecule has 1 aromatic heterocycles. The number of thiazole rings is 1. The van der Waals surface area contributed by atoms with Crippen LogP contribution in [0.5, 0.6) is 11.5 Å². The molecule has 158 valence electrons. The number of hydrogen-bond acceptors (Lipinski definition) is 7. The maximum Gasteiger partial charge on any atom is 0.263 e. The van der Waals surface area contributed by atoms with Gasteiger partial charge in [-0.05, 0) is 38.0 Å². The van der Waals surface area contributed by atoms with Crippen LogP contribution in [0.1, 0.15) is 28.2 Å². The molecule has 0 aliphatic carbocycles. The van der Waals surface area contributed by atoms with Gasteiger partial charge in [-0.2, -0.15) is 0 Å². The Morgan fingerprint density at radius 1 is 1.28 bits per heavy atom. The average Bonchev–Trinajstić information content (AvgIpc) is 3.08. The molecule has 0 bridgehead atoms. The van der Waals surface area contributed by atoms with Crippen molar-refractivity contribution in [2.24, 2.45) is 0 Å². The summed E-state index contributed by atoms with van der Waals surface area (Å²) in [5.74, 6) is 0.981. The number of sulfonamides is 1. The van der Waals surface area contributed by atoms with Crippen LogP contribution in [0.2, 0.25) is 0 Å². The van der Waals surface area contributed by atoms with Gasteiger partial charge in [-0.3, -0.25) is 4.79 Å². The molecule has 1 unspecified atom stereocenters. The number of carbonyl (C=O) groups excluding carboxylic acids is 1. The lowest BCUT2D eigenvalue weighted by atomic mass is 10.1. The molecule has 0 saturated carbocycles. The molecule has 0 radical (unpaired) electrons. The first kappa shape index (κ1) is 21.5. The lowest BCUT2D eigenvalue weighted by molar-refractivity contribution is 0.0924. The van der Waals surface area contributed by atoms with Gasteiger partial charge in [0.25, 0.3) is 5.91 Å². The van der Waals surface area contributed by atoms with Crippen LogP contribution >= 0.6 is 11.3 Å². The number of carbonyl (C=O) groups is 1. The number of aromatic nitrogens is 1. The number of ether oxygens (including phenoxy) is 2. The number of amides is 1. The van der Waals surface area contributed by atoms with Crippen molar-refractivity contribution in [3.8, 4) is 22.1 Å². The summed E-state index contributed by atoms with van der Waals surface area (Å²) in [4.78, 5) is 17.9. The first-order chi connectivity index (χ1) is 13.7. The molecule has 1 amide bonds. The molecule has 3 rings (SSSR count). The standard InChI is InChI=1S/C19H25N3O5S2/c1-12-17(18(23)21-14-6-5-9-22(11-14)29(4,24)25)28-19(20-12)13-7-8-15(26-2)16(10-13)27-3/h7-8,10,14H,5-6,9,11H2,1-4H3,(H,21,23). The number of aryl methyl sites for hydroxylation is 1. The van der Waals surface area contributed by atoms with E-state index in [1.54, 1.807) is 27.2 Å². The molecule has 0 spiro atoms. The summed E-state index contributed by atoms with van der Waals surface area (Å²) in [7, 11) is -0.121. The Labute approximate surface area is 174 Å². The van der Waals surface area contributed by atoms with Gasteiger partial charge in [-0.15, -0.1) is 11.3 Å². The van der Waals surface area contributed by atoms with Crippen molar-refractivity contribution in [3.05, 3.63) is 28.8 Å². The zero-order valence-corrected chi connectivity index (χ0v) is 18.5. The average molecular weight is 440 g/mol. The van der Waals surface area contributed by atoms with Gasteiger partial charge in [-0.1, -0.05) is 0 Å². The van der Waals surface area contributed by atoms with E-state index in [2.05, 4.69) is 10.3 Å². The number of piperidine rings is 1. The second kappa shape index (κ2) is 8.68. The Balaban J connectivity index is 1.77. The SMILES string of the molecule is COc1ccc(-c2nc(C)c(C(=O)NC3CCCN(S(C)(=O)=O)C3)s2)cc1OC. The molecule has 1 atom stereocenters. The summed E-state index contributed by atoms with van der Waals surface area (Å²) in [6.45, 7) is 2.58. The maximum absolute atomic E-state index is 12.8. The number of nitrogens with zero attached hydrogens (tertiary/aromatic N) is 2. The third-order valence-corrected chi connectivity index (χ3v) is 7.30. The van der Waals surface area contributed by atoms with Crippen LogP contribution in [0.3, 0.4) is 0 Å². The van der Waals surface area contributed by atoms with Crippen LogP contribution in [0.25, 0.3) is 10.6 Å². The smallest absolute Gasteiger partial charge is 0.263 e. The Hall–Kier alpha value is -2.17. The molecule has 1 fully saturated rings. The topological polar surface area (TPSA) is 97.8 Å². The second-order valence-electron chi connectivity index (χ2n) is 6.94. The maximum atomic E-state index is 12.8. The quantitative estimate of drug-likeness (QED) is 0.742. The van der Waals surface area contributed by atoms with Gasteiger partial charge in [0.15, 0.2) is 11.5 Å². The molecule has 1 aromatic carbocycles. The van der Waals surface area contributed by atoms with E-state index in [0.717, 1.165) is 18.4 Å². The van der Waals surface area contributed by atoms with Crippen molar-refractivity contribution in [2.45, 2.75) is 25.8 Å². The van der Waals surface area contributed by atoms with Crippen molar-refractivity contribution in [3.63, 3.8) is 0 Å². The molecule has 1 N–H and O–H groups in total. The van der Waals surface area contributed by atoms with Gasteiger partial charge in [0.2, 0.25) is 10.0 Å². The van der Waals surface area contributed by atoms with E-state index in [4.69, 9.17) is 9.47 Å². The lowest BCUT2D eigenvalue weighted by Gasteiger charge is -2.31. The highest BCUT2D eigenvalue weighted by Gasteiger charge is 2.28. The Morgan fingerprint density at radius 2 is 2.00 bits per heavy atom. The van der Waals surface area contributed by atoms with Crippen LogP contribution in [-0.4, -0.2) is 63.2 Å². The first-order valence-corrected chi connectivity index (χ1v) is 11.8. The van der Waals surface area contributed by atoms with Crippen molar-refractivity contribution in [2.75, 3.05) is 33.6 Å². The minimum absolute atomic E-state index is 0.211. The van der Waals surface area contributed by atoms with Crippen LogP contribution in [0, 0.1) is 6.92 Å². The third kappa shape index (κ3) is 4.88. The fourth-order valence-electron chi connectivity index (χ4n) is 3.31. The minimum Gasteiger partial charge on any atom is -0.493 e. The van der Waals surface area contributed by atoms with E-state index in [1.165, 1.54) is 21.9 Å². The van der Waals surface area contributed by atoms with E-state index in [-0.39, 0.29) is 11.9 Å². The molecule has 10 heteroatoms. The van der Waals surface area contributed by atoms with Crippen molar-refractivity contribution < 1.29 is 22.7 Å². The molecule has 1 saturated heterocycles.